The van der Waals surface area contributed by atoms with Crippen molar-refractivity contribution in [2.24, 2.45) is 0 Å². The van der Waals surface area contributed by atoms with Gasteiger partial charge in [-0.05, 0) is 56.6 Å². The maximum absolute atomic E-state index is 4.41. The summed E-state index contributed by atoms with van der Waals surface area (Å²) in [5.41, 5.74) is 5.09. The van der Waals surface area contributed by atoms with E-state index in [9.17, 15) is 0 Å². The Hall–Kier alpha value is -1.81. The van der Waals surface area contributed by atoms with Crippen molar-refractivity contribution in [1.82, 2.24) is 15.1 Å². The fourth-order valence-electron chi connectivity index (χ4n) is 3.51. The first kappa shape index (κ1) is 17.0. The van der Waals surface area contributed by atoms with Crippen LogP contribution < -0.4 is 5.32 Å². The van der Waals surface area contributed by atoms with Crippen LogP contribution in [0.25, 0.3) is 0 Å². The Bertz CT molecular complexity index is 643. The zero-order valence-corrected chi connectivity index (χ0v) is 15.4. The van der Waals surface area contributed by atoms with Crippen LogP contribution in [0.4, 0.5) is 5.69 Å². The molecule has 1 fully saturated rings. The predicted octanol–water partition coefficient (Wildman–Crippen LogP) is 4.13. The summed E-state index contributed by atoms with van der Waals surface area (Å²) in [6.45, 7) is 9.81. The van der Waals surface area contributed by atoms with Crippen molar-refractivity contribution < 1.29 is 0 Å². The summed E-state index contributed by atoms with van der Waals surface area (Å²) in [6, 6.07) is 9.01. The lowest BCUT2D eigenvalue weighted by atomic mass is 9.89. The van der Waals surface area contributed by atoms with E-state index in [4.69, 9.17) is 0 Å². The number of hydrogen-bond donors (Lipinski definition) is 2. The van der Waals surface area contributed by atoms with E-state index in [0.29, 0.717) is 0 Å². The molecule has 0 amide bonds. The van der Waals surface area contributed by atoms with Crippen LogP contribution in [0, 0.1) is 0 Å². The Balaban J connectivity index is 1.60. The summed E-state index contributed by atoms with van der Waals surface area (Å²) in [5.74, 6) is 0.719. The highest BCUT2D eigenvalue weighted by Crippen LogP contribution is 2.28. The Morgan fingerprint density at radius 3 is 2.46 bits per heavy atom. The lowest BCUT2D eigenvalue weighted by Crippen LogP contribution is -2.29. The molecular weight excluding hydrogens is 296 g/mol. The van der Waals surface area contributed by atoms with E-state index in [-0.39, 0.29) is 5.41 Å². The Kier molecular flexibility index (Phi) is 4.95. The van der Waals surface area contributed by atoms with Crippen molar-refractivity contribution in [1.29, 1.82) is 0 Å². The van der Waals surface area contributed by atoms with Gasteiger partial charge in [0, 0.05) is 29.4 Å². The lowest BCUT2D eigenvalue weighted by Gasteiger charge is -2.29. The first-order valence-electron chi connectivity index (χ1n) is 8.99. The number of piperidine rings is 1. The van der Waals surface area contributed by atoms with Crippen molar-refractivity contribution in [2.45, 2.75) is 51.5 Å². The van der Waals surface area contributed by atoms with Crippen molar-refractivity contribution in [2.75, 3.05) is 25.5 Å². The number of aromatic amines is 1. The van der Waals surface area contributed by atoms with Gasteiger partial charge in [0.2, 0.25) is 0 Å². The van der Waals surface area contributed by atoms with Crippen LogP contribution in [0.5, 0.6) is 0 Å². The van der Waals surface area contributed by atoms with Gasteiger partial charge in [-0.25, -0.2) is 0 Å². The molecule has 1 aliphatic rings. The highest BCUT2D eigenvalue weighted by molar-refractivity contribution is 5.46. The molecule has 0 bridgehead atoms. The molecule has 1 aromatic heterocycles. The molecule has 0 unspecified atom stereocenters. The predicted molar refractivity (Wildman–Crippen MR) is 101 cm³/mol. The van der Waals surface area contributed by atoms with Gasteiger partial charge in [-0.15, -0.1) is 0 Å². The fourth-order valence-corrected chi connectivity index (χ4v) is 3.51. The molecule has 4 nitrogen and oxygen atoms in total. The summed E-state index contributed by atoms with van der Waals surface area (Å²) in [4.78, 5) is 2.42. The molecule has 2 heterocycles. The zero-order valence-electron chi connectivity index (χ0n) is 15.4. The Morgan fingerprint density at radius 1 is 1.17 bits per heavy atom. The van der Waals surface area contributed by atoms with Gasteiger partial charge in [-0.2, -0.15) is 5.10 Å². The second kappa shape index (κ2) is 6.98. The molecule has 1 saturated heterocycles. The van der Waals surface area contributed by atoms with Gasteiger partial charge in [0.25, 0.3) is 0 Å². The van der Waals surface area contributed by atoms with Crippen LogP contribution in [0.2, 0.25) is 0 Å². The van der Waals surface area contributed by atoms with Crippen molar-refractivity contribution in [3.05, 3.63) is 47.3 Å². The summed E-state index contributed by atoms with van der Waals surface area (Å²) in [7, 11) is 2.21. The number of H-pyrrole nitrogens is 1. The molecule has 3 rings (SSSR count). The van der Waals surface area contributed by atoms with E-state index < -0.39 is 0 Å². The molecule has 1 aliphatic heterocycles. The van der Waals surface area contributed by atoms with Gasteiger partial charge >= 0.3 is 0 Å². The number of benzene rings is 1. The van der Waals surface area contributed by atoms with Gasteiger partial charge in [0.05, 0.1) is 5.69 Å². The number of hydrogen-bond acceptors (Lipinski definition) is 3. The van der Waals surface area contributed by atoms with Gasteiger partial charge < -0.3 is 10.2 Å². The third kappa shape index (κ3) is 3.99. The molecule has 130 valence electrons. The molecule has 0 atom stereocenters. The zero-order chi connectivity index (χ0) is 17.2. The summed E-state index contributed by atoms with van der Waals surface area (Å²) in [6.07, 6.45) is 4.54. The highest BCUT2D eigenvalue weighted by Gasteiger charge is 2.21. The molecule has 1 aromatic carbocycles. The van der Waals surface area contributed by atoms with Crippen LogP contribution >= 0.6 is 0 Å². The van der Waals surface area contributed by atoms with Gasteiger partial charge in [0.1, 0.15) is 0 Å². The van der Waals surface area contributed by atoms with Crippen LogP contribution in [-0.4, -0.2) is 35.2 Å². The van der Waals surface area contributed by atoms with E-state index in [0.717, 1.165) is 18.2 Å². The van der Waals surface area contributed by atoms with E-state index in [1.54, 1.807) is 0 Å². The molecule has 0 radical (unpaired) electrons. The van der Waals surface area contributed by atoms with Crippen LogP contribution in [-0.2, 0) is 12.0 Å². The third-order valence-electron chi connectivity index (χ3n) is 5.01. The molecule has 0 aliphatic carbocycles. The normalized spacial score (nSPS) is 17.2. The monoisotopic (exact) mass is 326 g/mol. The van der Waals surface area contributed by atoms with Gasteiger partial charge in [-0.1, -0.05) is 32.9 Å². The van der Waals surface area contributed by atoms with Crippen molar-refractivity contribution in [3.63, 3.8) is 0 Å². The number of anilines is 1. The first-order chi connectivity index (χ1) is 11.4. The molecule has 24 heavy (non-hydrogen) atoms. The number of nitrogens with one attached hydrogen (secondary N) is 2. The van der Waals surface area contributed by atoms with Crippen LogP contribution in [0.3, 0.4) is 0 Å². The lowest BCUT2D eigenvalue weighted by molar-refractivity contribution is 0.255. The molecule has 4 heteroatoms. The standard InChI is InChI=1S/C20H30N4/c1-20(2,3)19-17(14-22-23-19)13-21-18-7-5-15(6-8-18)16-9-11-24(4)12-10-16/h5-8,14,16,21H,9-13H2,1-4H3,(H,22,23). The largest absolute Gasteiger partial charge is 0.381 e. The van der Waals surface area contributed by atoms with Crippen LogP contribution in [0.15, 0.2) is 30.5 Å². The highest BCUT2D eigenvalue weighted by atomic mass is 15.1. The minimum absolute atomic E-state index is 0.0645. The second-order valence-corrected chi connectivity index (χ2v) is 8.06. The number of nitrogens with zero attached hydrogens (tertiary/aromatic N) is 2. The Labute approximate surface area is 145 Å². The Morgan fingerprint density at radius 2 is 1.83 bits per heavy atom. The second-order valence-electron chi connectivity index (χ2n) is 8.06. The molecule has 0 spiro atoms. The molecule has 2 N–H and O–H groups in total. The summed E-state index contributed by atoms with van der Waals surface area (Å²) >= 11 is 0. The van der Waals surface area contributed by atoms with Crippen molar-refractivity contribution in [3.8, 4) is 0 Å². The van der Waals surface area contributed by atoms with E-state index >= 15 is 0 Å². The fraction of sp³-hybridized carbons (Fsp3) is 0.550. The minimum atomic E-state index is 0.0645. The minimum Gasteiger partial charge on any atom is -0.381 e. The molecule has 0 saturated carbocycles. The molecular formula is C20H30N4. The molecule has 2 aromatic rings. The third-order valence-corrected chi connectivity index (χ3v) is 5.01. The van der Waals surface area contributed by atoms with E-state index in [2.05, 4.69) is 72.5 Å². The van der Waals surface area contributed by atoms with Gasteiger partial charge in [0.15, 0.2) is 0 Å². The van der Waals surface area contributed by atoms with Crippen LogP contribution in [0.1, 0.15) is 56.4 Å². The SMILES string of the molecule is CN1CCC(c2ccc(NCc3c[nH]nc3C(C)(C)C)cc2)CC1. The number of aromatic nitrogens is 2. The number of likely N-dealkylation sites (tertiary alicyclic amines) is 1. The maximum atomic E-state index is 4.41. The number of rotatable bonds is 4. The summed E-state index contributed by atoms with van der Waals surface area (Å²) < 4.78 is 0. The topological polar surface area (TPSA) is 44.0 Å². The smallest absolute Gasteiger partial charge is 0.0725 e. The average molecular weight is 326 g/mol. The average Bonchev–Trinajstić information content (AvgIpc) is 3.03. The maximum Gasteiger partial charge on any atom is 0.0725 e. The first-order valence-corrected chi connectivity index (χ1v) is 8.99. The quantitative estimate of drug-likeness (QED) is 0.888. The van der Waals surface area contributed by atoms with E-state index in [1.165, 1.54) is 42.7 Å². The van der Waals surface area contributed by atoms with Crippen molar-refractivity contribution >= 4 is 5.69 Å². The summed E-state index contributed by atoms with van der Waals surface area (Å²) in [5, 5.41) is 10.9. The van der Waals surface area contributed by atoms with Gasteiger partial charge in [-0.3, -0.25) is 5.10 Å². The van der Waals surface area contributed by atoms with E-state index in [1.807, 2.05) is 6.20 Å².